The summed E-state index contributed by atoms with van der Waals surface area (Å²) < 4.78 is 1.37. The predicted octanol–water partition coefficient (Wildman–Crippen LogP) is 2.73. The van der Waals surface area contributed by atoms with Crippen LogP contribution in [0.1, 0.15) is 18.9 Å². The minimum atomic E-state index is 0.284. The maximum atomic E-state index is 5.70. The molecule has 2 rings (SSSR count). The zero-order valence-electron chi connectivity index (χ0n) is 9.57. The lowest BCUT2D eigenvalue weighted by atomic mass is 10.2. The summed E-state index contributed by atoms with van der Waals surface area (Å²) in [4.78, 5) is 0. The van der Waals surface area contributed by atoms with Gasteiger partial charge >= 0.3 is 0 Å². The molecule has 3 N–H and O–H groups in total. The standard InChI is InChI=1S/C13H18N2S/c1-10(14)6-7-15-8-11-9-16-13-5-3-2-4-12(11)13/h2-5,9-10,15H,6-8,14H2,1H3. The molecule has 0 aliphatic rings. The maximum absolute atomic E-state index is 5.70. The minimum absolute atomic E-state index is 0.284. The van der Waals surface area contributed by atoms with Crippen LogP contribution in [0.3, 0.4) is 0 Å². The fraction of sp³-hybridized carbons (Fsp3) is 0.385. The maximum Gasteiger partial charge on any atom is 0.0346 e. The molecule has 2 aromatic rings. The van der Waals surface area contributed by atoms with E-state index in [0.717, 1.165) is 19.5 Å². The van der Waals surface area contributed by atoms with Crippen LogP contribution in [-0.4, -0.2) is 12.6 Å². The average Bonchev–Trinajstić information content (AvgIpc) is 2.68. The largest absolute Gasteiger partial charge is 0.328 e. The van der Waals surface area contributed by atoms with E-state index in [9.17, 15) is 0 Å². The number of nitrogens with two attached hydrogens (primary N) is 1. The molecule has 0 saturated heterocycles. The van der Waals surface area contributed by atoms with Gasteiger partial charge in [0.05, 0.1) is 0 Å². The SMILES string of the molecule is CC(N)CCNCc1csc2ccccc12. The lowest BCUT2D eigenvalue weighted by Crippen LogP contribution is -2.23. The summed E-state index contributed by atoms with van der Waals surface area (Å²) in [7, 11) is 0. The Morgan fingerprint density at radius 2 is 2.19 bits per heavy atom. The summed E-state index contributed by atoms with van der Waals surface area (Å²) in [6.07, 6.45) is 1.03. The molecule has 16 heavy (non-hydrogen) atoms. The highest BCUT2D eigenvalue weighted by Gasteiger charge is 2.02. The fourth-order valence-electron chi connectivity index (χ4n) is 1.72. The van der Waals surface area contributed by atoms with Gasteiger partial charge in [0.1, 0.15) is 0 Å². The van der Waals surface area contributed by atoms with Crippen LogP contribution in [0, 0.1) is 0 Å². The van der Waals surface area contributed by atoms with Crippen molar-refractivity contribution < 1.29 is 0 Å². The van der Waals surface area contributed by atoms with E-state index in [-0.39, 0.29) is 6.04 Å². The molecule has 3 heteroatoms. The summed E-state index contributed by atoms with van der Waals surface area (Å²) >= 11 is 1.81. The van der Waals surface area contributed by atoms with Crippen molar-refractivity contribution in [2.75, 3.05) is 6.54 Å². The van der Waals surface area contributed by atoms with Gasteiger partial charge in [-0.05, 0) is 42.3 Å². The smallest absolute Gasteiger partial charge is 0.0346 e. The van der Waals surface area contributed by atoms with Gasteiger partial charge < -0.3 is 11.1 Å². The van der Waals surface area contributed by atoms with Crippen LogP contribution in [0.25, 0.3) is 10.1 Å². The highest BCUT2D eigenvalue weighted by atomic mass is 32.1. The molecule has 1 unspecified atom stereocenters. The Morgan fingerprint density at radius 3 is 3.00 bits per heavy atom. The van der Waals surface area contributed by atoms with Gasteiger partial charge in [0, 0.05) is 17.3 Å². The Balaban J connectivity index is 1.94. The molecular formula is C13H18N2S. The molecule has 0 aliphatic carbocycles. The van der Waals surface area contributed by atoms with Crippen molar-refractivity contribution in [2.45, 2.75) is 25.9 Å². The number of hydrogen-bond donors (Lipinski definition) is 2. The van der Waals surface area contributed by atoms with Gasteiger partial charge in [-0.25, -0.2) is 0 Å². The van der Waals surface area contributed by atoms with E-state index < -0.39 is 0 Å². The van der Waals surface area contributed by atoms with Gasteiger partial charge in [-0.1, -0.05) is 18.2 Å². The molecule has 1 aromatic heterocycles. The predicted molar refractivity (Wildman–Crippen MR) is 71.8 cm³/mol. The van der Waals surface area contributed by atoms with E-state index in [2.05, 4.69) is 35.0 Å². The topological polar surface area (TPSA) is 38.0 Å². The fourth-order valence-corrected chi connectivity index (χ4v) is 2.69. The summed E-state index contributed by atoms with van der Waals surface area (Å²) in [6, 6.07) is 8.83. The van der Waals surface area contributed by atoms with E-state index in [1.165, 1.54) is 15.6 Å². The third-order valence-electron chi connectivity index (χ3n) is 2.65. The second kappa shape index (κ2) is 5.43. The Kier molecular flexibility index (Phi) is 3.93. The summed E-state index contributed by atoms with van der Waals surface area (Å²) in [6.45, 7) is 3.97. The molecule has 1 aromatic carbocycles. The van der Waals surface area contributed by atoms with Crippen LogP contribution in [0.15, 0.2) is 29.6 Å². The number of thiophene rings is 1. The van der Waals surface area contributed by atoms with Gasteiger partial charge in [0.15, 0.2) is 0 Å². The summed E-state index contributed by atoms with van der Waals surface area (Å²) in [5.41, 5.74) is 7.10. The third kappa shape index (κ3) is 2.82. The van der Waals surface area contributed by atoms with Gasteiger partial charge in [-0.3, -0.25) is 0 Å². The third-order valence-corrected chi connectivity index (χ3v) is 3.67. The quantitative estimate of drug-likeness (QED) is 0.781. The first-order valence-corrected chi connectivity index (χ1v) is 6.57. The highest BCUT2D eigenvalue weighted by Crippen LogP contribution is 2.25. The number of fused-ring (bicyclic) bond motifs is 1. The Hall–Kier alpha value is -0.900. The second-order valence-corrected chi connectivity index (χ2v) is 5.11. The molecule has 0 radical (unpaired) electrons. The first kappa shape index (κ1) is 11.6. The molecule has 2 nitrogen and oxygen atoms in total. The van der Waals surface area contributed by atoms with Crippen LogP contribution in [0.2, 0.25) is 0 Å². The van der Waals surface area contributed by atoms with Crippen molar-refractivity contribution in [1.29, 1.82) is 0 Å². The number of benzene rings is 1. The van der Waals surface area contributed by atoms with E-state index >= 15 is 0 Å². The van der Waals surface area contributed by atoms with Crippen molar-refractivity contribution in [1.82, 2.24) is 5.32 Å². The lowest BCUT2D eigenvalue weighted by molar-refractivity contribution is 0.590. The van der Waals surface area contributed by atoms with Crippen LogP contribution in [0.4, 0.5) is 0 Å². The first-order chi connectivity index (χ1) is 7.77. The molecule has 0 bridgehead atoms. The van der Waals surface area contributed by atoms with Gasteiger partial charge in [-0.15, -0.1) is 11.3 Å². The van der Waals surface area contributed by atoms with Crippen LogP contribution in [-0.2, 0) is 6.54 Å². The van der Waals surface area contributed by atoms with Crippen molar-refractivity contribution in [2.24, 2.45) is 5.73 Å². The zero-order valence-corrected chi connectivity index (χ0v) is 10.4. The minimum Gasteiger partial charge on any atom is -0.328 e. The first-order valence-electron chi connectivity index (χ1n) is 5.69. The number of nitrogens with one attached hydrogen (secondary N) is 1. The van der Waals surface area contributed by atoms with Crippen LogP contribution >= 0.6 is 11.3 Å². The second-order valence-electron chi connectivity index (χ2n) is 4.20. The van der Waals surface area contributed by atoms with Crippen LogP contribution in [0.5, 0.6) is 0 Å². The zero-order chi connectivity index (χ0) is 11.4. The molecule has 86 valence electrons. The highest BCUT2D eigenvalue weighted by molar-refractivity contribution is 7.17. The lowest BCUT2D eigenvalue weighted by Gasteiger charge is -2.06. The van der Waals surface area contributed by atoms with Crippen molar-refractivity contribution in [3.63, 3.8) is 0 Å². The Bertz CT molecular complexity index is 448. The van der Waals surface area contributed by atoms with Crippen molar-refractivity contribution >= 4 is 21.4 Å². The molecule has 0 aliphatic heterocycles. The van der Waals surface area contributed by atoms with Crippen LogP contribution < -0.4 is 11.1 Å². The molecular weight excluding hydrogens is 216 g/mol. The Labute approximate surface area is 100 Å². The summed E-state index contributed by atoms with van der Waals surface area (Å²) in [5, 5.41) is 7.05. The molecule has 0 amide bonds. The molecule has 1 heterocycles. The molecule has 0 fully saturated rings. The van der Waals surface area contributed by atoms with Gasteiger partial charge in [-0.2, -0.15) is 0 Å². The molecule has 0 saturated carbocycles. The van der Waals surface area contributed by atoms with Gasteiger partial charge in [0.25, 0.3) is 0 Å². The molecule has 0 spiro atoms. The monoisotopic (exact) mass is 234 g/mol. The van der Waals surface area contributed by atoms with E-state index in [1.54, 1.807) is 0 Å². The van der Waals surface area contributed by atoms with Crippen molar-refractivity contribution in [3.05, 3.63) is 35.2 Å². The van der Waals surface area contributed by atoms with E-state index in [4.69, 9.17) is 5.73 Å². The Morgan fingerprint density at radius 1 is 1.38 bits per heavy atom. The number of rotatable bonds is 5. The van der Waals surface area contributed by atoms with Crippen molar-refractivity contribution in [3.8, 4) is 0 Å². The number of hydrogen-bond acceptors (Lipinski definition) is 3. The average molecular weight is 234 g/mol. The van der Waals surface area contributed by atoms with Gasteiger partial charge in [0.2, 0.25) is 0 Å². The molecule has 1 atom stereocenters. The van der Waals surface area contributed by atoms with E-state index in [1.807, 2.05) is 18.3 Å². The summed E-state index contributed by atoms with van der Waals surface area (Å²) in [5.74, 6) is 0. The normalized spacial score (nSPS) is 13.1. The van der Waals surface area contributed by atoms with E-state index in [0.29, 0.717) is 0 Å².